The maximum absolute atomic E-state index is 12.9. The van der Waals surface area contributed by atoms with Gasteiger partial charge in [-0.25, -0.2) is 4.79 Å². The van der Waals surface area contributed by atoms with Crippen molar-refractivity contribution in [1.82, 2.24) is 5.32 Å². The van der Waals surface area contributed by atoms with E-state index in [9.17, 15) is 9.59 Å². The normalized spacial score (nSPS) is 12.5. The SMILES string of the molecule is COC(=O)[C@@H](CC(C)C)NC(=O)CC(C)c1ccc(OCc2ccccc2)cc1OCc1ccccc1. The highest BCUT2D eigenvalue weighted by Crippen LogP contribution is 2.33. The van der Waals surface area contributed by atoms with Crippen molar-refractivity contribution < 1.29 is 23.8 Å². The summed E-state index contributed by atoms with van der Waals surface area (Å²) >= 11 is 0. The van der Waals surface area contributed by atoms with Crippen LogP contribution >= 0.6 is 0 Å². The van der Waals surface area contributed by atoms with Crippen LogP contribution in [0.25, 0.3) is 0 Å². The summed E-state index contributed by atoms with van der Waals surface area (Å²) in [5.41, 5.74) is 3.02. The molecule has 1 amide bonds. The van der Waals surface area contributed by atoms with E-state index in [-0.39, 0.29) is 24.2 Å². The highest BCUT2D eigenvalue weighted by molar-refractivity contribution is 5.84. The summed E-state index contributed by atoms with van der Waals surface area (Å²) < 4.78 is 17.1. The summed E-state index contributed by atoms with van der Waals surface area (Å²) in [6.45, 7) is 6.82. The van der Waals surface area contributed by atoms with Crippen LogP contribution in [0.15, 0.2) is 78.9 Å². The summed E-state index contributed by atoms with van der Waals surface area (Å²) in [5.74, 6) is 0.814. The Hall–Kier alpha value is -3.80. The molecule has 2 atom stereocenters. The molecular weight excluding hydrogens is 466 g/mol. The lowest BCUT2D eigenvalue weighted by atomic mass is 9.95. The third-order valence-corrected chi connectivity index (χ3v) is 6.02. The molecule has 196 valence electrons. The van der Waals surface area contributed by atoms with Gasteiger partial charge in [-0.3, -0.25) is 4.79 Å². The summed E-state index contributed by atoms with van der Waals surface area (Å²) in [6.07, 6.45) is 0.725. The first-order chi connectivity index (χ1) is 17.9. The third-order valence-electron chi connectivity index (χ3n) is 6.02. The number of carbonyl (C=O) groups excluding carboxylic acids is 2. The van der Waals surface area contributed by atoms with Gasteiger partial charge in [-0.2, -0.15) is 0 Å². The number of amides is 1. The molecule has 0 spiro atoms. The van der Waals surface area contributed by atoms with Gasteiger partial charge in [-0.15, -0.1) is 0 Å². The van der Waals surface area contributed by atoms with Crippen LogP contribution in [0.2, 0.25) is 0 Å². The van der Waals surface area contributed by atoms with Crippen molar-refractivity contribution in [2.75, 3.05) is 7.11 Å². The molecule has 0 saturated carbocycles. The number of hydrogen-bond donors (Lipinski definition) is 1. The van der Waals surface area contributed by atoms with E-state index in [4.69, 9.17) is 14.2 Å². The first kappa shape index (κ1) is 27.8. The van der Waals surface area contributed by atoms with Crippen LogP contribution in [0.4, 0.5) is 0 Å². The van der Waals surface area contributed by atoms with Crippen LogP contribution in [-0.4, -0.2) is 25.0 Å². The standard InChI is InChI=1S/C31H37NO5/c1-22(2)17-28(31(34)35-4)32-30(33)18-23(3)27-16-15-26(36-20-24-11-7-5-8-12-24)19-29(27)37-21-25-13-9-6-10-14-25/h5-16,19,22-23,28H,17-18,20-21H2,1-4H3,(H,32,33)/t23?,28-/m1/s1. The number of hydrogen-bond acceptors (Lipinski definition) is 5. The van der Waals surface area contributed by atoms with Gasteiger partial charge >= 0.3 is 5.97 Å². The smallest absolute Gasteiger partial charge is 0.328 e. The van der Waals surface area contributed by atoms with E-state index in [0.29, 0.717) is 31.1 Å². The Kier molecular flexibility index (Phi) is 10.6. The quantitative estimate of drug-likeness (QED) is 0.288. The molecule has 3 aromatic carbocycles. The van der Waals surface area contributed by atoms with Gasteiger partial charge in [-0.05, 0) is 41.0 Å². The molecule has 0 saturated heterocycles. The Morgan fingerprint density at radius 2 is 1.41 bits per heavy atom. The Bertz CT molecular complexity index is 1130. The van der Waals surface area contributed by atoms with Gasteiger partial charge < -0.3 is 19.5 Å². The number of esters is 1. The summed E-state index contributed by atoms with van der Waals surface area (Å²) in [5, 5.41) is 2.85. The minimum atomic E-state index is -0.660. The molecule has 3 aromatic rings. The molecule has 0 aliphatic heterocycles. The van der Waals surface area contributed by atoms with E-state index < -0.39 is 12.0 Å². The Morgan fingerprint density at radius 1 is 0.811 bits per heavy atom. The molecule has 0 aliphatic carbocycles. The zero-order chi connectivity index (χ0) is 26.6. The van der Waals surface area contributed by atoms with Gasteiger partial charge in [0.1, 0.15) is 30.8 Å². The number of rotatable bonds is 13. The Morgan fingerprint density at radius 3 is 1.97 bits per heavy atom. The van der Waals surface area contributed by atoms with Gasteiger partial charge in [0.2, 0.25) is 5.91 Å². The van der Waals surface area contributed by atoms with Gasteiger partial charge in [0.25, 0.3) is 0 Å². The molecule has 0 bridgehead atoms. The van der Waals surface area contributed by atoms with Crippen LogP contribution in [0, 0.1) is 5.92 Å². The summed E-state index contributed by atoms with van der Waals surface area (Å²) in [6, 6.07) is 25.0. The largest absolute Gasteiger partial charge is 0.489 e. The molecule has 1 N–H and O–H groups in total. The number of benzene rings is 3. The minimum absolute atomic E-state index is 0.147. The van der Waals surface area contributed by atoms with Crippen molar-refractivity contribution in [1.29, 1.82) is 0 Å². The highest BCUT2D eigenvalue weighted by atomic mass is 16.5. The second-order valence-electron chi connectivity index (χ2n) is 9.63. The molecule has 0 radical (unpaired) electrons. The topological polar surface area (TPSA) is 73.9 Å². The predicted octanol–water partition coefficient (Wildman–Crippen LogP) is 6.04. The van der Waals surface area contributed by atoms with Gasteiger partial charge in [0.15, 0.2) is 0 Å². The predicted molar refractivity (Wildman–Crippen MR) is 144 cm³/mol. The second-order valence-corrected chi connectivity index (χ2v) is 9.63. The number of methoxy groups -OCH3 is 1. The summed E-state index contributed by atoms with van der Waals surface area (Å²) in [4.78, 5) is 25.0. The van der Waals surface area contributed by atoms with Gasteiger partial charge in [-0.1, -0.05) is 87.5 Å². The maximum Gasteiger partial charge on any atom is 0.328 e. The van der Waals surface area contributed by atoms with Crippen molar-refractivity contribution >= 4 is 11.9 Å². The first-order valence-electron chi connectivity index (χ1n) is 12.7. The van der Waals surface area contributed by atoms with Crippen LogP contribution in [0.5, 0.6) is 11.5 Å². The fourth-order valence-corrected chi connectivity index (χ4v) is 4.08. The third kappa shape index (κ3) is 8.98. The van der Waals surface area contributed by atoms with Crippen LogP contribution in [-0.2, 0) is 27.5 Å². The average Bonchev–Trinajstić information content (AvgIpc) is 2.90. The molecule has 0 aliphatic rings. The van der Waals surface area contributed by atoms with Crippen molar-refractivity contribution in [2.24, 2.45) is 5.92 Å². The molecular formula is C31H37NO5. The van der Waals surface area contributed by atoms with Gasteiger partial charge in [0.05, 0.1) is 7.11 Å². The maximum atomic E-state index is 12.9. The van der Waals surface area contributed by atoms with Crippen molar-refractivity contribution in [2.45, 2.75) is 58.8 Å². The highest BCUT2D eigenvalue weighted by Gasteiger charge is 2.24. The zero-order valence-corrected chi connectivity index (χ0v) is 22.1. The second kappa shape index (κ2) is 14.1. The van der Waals surface area contributed by atoms with Crippen molar-refractivity contribution in [3.63, 3.8) is 0 Å². The molecule has 6 nitrogen and oxygen atoms in total. The molecule has 1 unspecified atom stereocenters. The fraction of sp³-hybridized carbons (Fsp3) is 0.355. The lowest BCUT2D eigenvalue weighted by Gasteiger charge is -2.21. The Labute approximate surface area is 220 Å². The molecule has 6 heteroatoms. The van der Waals surface area contributed by atoms with E-state index in [1.807, 2.05) is 99.6 Å². The zero-order valence-electron chi connectivity index (χ0n) is 22.1. The number of carbonyl (C=O) groups is 2. The molecule has 0 fully saturated rings. The molecule has 37 heavy (non-hydrogen) atoms. The summed E-state index contributed by atoms with van der Waals surface area (Å²) in [7, 11) is 1.34. The van der Waals surface area contributed by atoms with Crippen LogP contribution in [0.3, 0.4) is 0 Å². The molecule has 3 rings (SSSR count). The van der Waals surface area contributed by atoms with E-state index in [2.05, 4.69) is 5.32 Å². The van der Waals surface area contributed by atoms with Crippen LogP contribution in [0.1, 0.15) is 56.2 Å². The number of ether oxygens (including phenoxy) is 3. The molecule has 0 aromatic heterocycles. The number of nitrogens with one attached hydrogen (secondary N) is 1. The van der Waals surface area contributed by atoms with E-state index in [1.54, 1.807) is 0 Å². The van der Waals surface area contributed by atoms with Crippen molar-refractivity contribution in [3.05, 3.63) is 95.6 Å². The van der Waals surface area contributed by atoms with E-state index in [1.165, 1.54) is 7.11 Å². The molecule has 0 heterocycles. The van der Waals surface area contributed by atoms with E-state index in [0.717, 1.165) is 16.7 Å². The lowest BCUT2D eigenvalue weighted by molar-refractivity contribution is -0.145. The fourth-order valence-electron chi connectivity index (χ4n) is 4.08. The van der Waals surface area contributed by atoms with Crippen LogP contribution < -0.4 is 14.8 Å². The monoisotopic (exact) mass is 503 g/mol. The lowest BCUT2D eigenvalue weighted by Crippen LogP contribution is -2.42. The first-order valence-corrected chi connectivity index (χ1v) is 12.7. The minimum Gasteiger partial charge on any atom is -0.489 e. The average molecular weight is 504 g/mol. The van der Waals surface area contributed by atoms with Gasteiger partial charge in [0, 0.05) is 12.5 Å². The Balaban J connectivity index is 1.74. The van der Waals surface area contributed by atoms with E-state index >= 15 is 0 Å². The van der Waals surface area contributed by atoms with Crippen molar-refractivity contribution in [3.8, 4) is 11.5 Å².